The van der Waals surface area contributed by atoms with Gasteiger partial charge in [-0.15, -0.1) is 0 Å². The first-order chi connectivity index (χ1) is 10.8. The second kappa shape index (κ2) is 5.63. The molecular weight excluding hydrogens is 280 g/mol. The van der Waals surface area contributed by atoms with Crippen LogP contribution in [0.2, 0.25) is 0 Å². The molecule has 3 atom stereocenters. The maximum Gasteiger partial charge on any atom is 0.192 e. The van der Waals surface area contributed by atoms with Crippen LogP contribution in [0.4, 0.5) is 0 Å². The van der Waals surface area contributed by atoms with Gasteiger partial charge in [0.1, 0.15) is 17.6 Å². The molecule has 0 unspecified atom stereocenters. The predicted octanol–water partition coefficient (Wildman–Crippen LogP) is 2.33. The number of benzene rings is 2. The molecule has 4 nitrogen and oxygen atoms in total. The summed E-state index contributed by atoms with van der Waals surface area (Å²) in [5.41, 5.74) is 2.30. The molecule has 0 fully saturated rings. The normalized spacial score (nSPS) is 23.3. The number of para-hydroxylation sites is 2. The molecule has 2 aliphatic rings. The standard InChI is InChI=1S/C18H18O4/c19-18(17-10-13-6-2-4-8-16(13)22-17)20-11-14-9-12-5-1-3-7-15(12)21-14/h1-8,14,17-19H,9-11H2/t14-,17+,18+/m1/s1. The van der Waals surface area contributed by atoms with Crippen molar-refractivity contribution in [3.05, 3.63) is 59.7 Å². The Labute approximate surface area is 129 Å². The van der Waals surface area contributed by atoms with Crippen LogP contribution in [0, 0.1) is 0 Å². The number of aliphatic hydroxyl groups is 1. The van der Waals surface area contributed by atoms with E-state index in [4.69, 9.17) is 14.2 Å². The molecule has 114 valence electrons. The van der Waals surface area contributed by atoms with Gasteiger partial charge in [-0.25, -0.2) is 0 Å². The second-order valence-corrected chi connectivity index (χ2v) is 5.74. The fraction of sp³-hybridized carbons (Fsp3) is 0.333. The summed E-state index contributed by atoms with van der Waals surface area (Å²) in [4.78, 5) is 0. The van der Waals surface area contributed by atoms with Gasteiger partial charge < -0.3 is 19.3 Å². The molecule has 4 rings (SSSR count). The van der Waals surface area contributed by atoms with Gasteiger partial charge in [-0.2, -0.15) is 0 Å². The van der Waals surface area contributed by atoms with Crippen LogP contribution in [-0.2, 0) is 17.6 Å². The number of fused-ring (bicyclic) bond motifs is 2. The fourth-order valence-electron chi connectivity index (χ4n) is 3.03. The third-order valence-corrected chi connectivity index (χ3v) is 4.16. The Morgan fingerprint density at radius 1 is 0.955 bits per heavy atom. The Hall–Kier alpha value is -2.04. The van der Waals surface area contributed by atoms with E-state index in [9.17, 15) is 5.11 Å². The van der Waals surface area contributed by atoms with Crippen molar-refractivity contribution in [2.75, 3.05) is 6.61 Å². The van der Waals surface area contributed by atoms with E-state index >= 15 is 0 Å². The lowest BCUT2D eigenvalue weighted by Crippen LogP contribution is -2.35. The van der Waals surface area contributed by atoms with E-state index < -0.39 is 6.29 Å². The molecule has 0 saturated heterocycles. The smallest absolute Gasteiger partial charge is 0.192 e. The van der Waals surface area contributed by atoms with Crippen LogP contribution < -0.4 is 9.47 Å². The van der Waals surface area contributed by atoms with E-state index in [1.165, 1.54) is 5.56 Å². The minimum absolute atomic E-state index is 0.0455. The van der Waals surface area contributed by atoms with Crippen molar-refractivity contribution in [1.29, 1.82) is 0 Å². The Morgan fingerprint density at radius 2 is 1.59 bits per heavy atom. The quantitative estimate of drug-likeness (QED) is 0.880. The highest BCUT2D eigenvalue weighted by Crippen LogP contribution is 2.31. The van der Waals surface area contributed by atoms with Crippen LogP contribution >= 0.6 is 0 Å². The summed E-state index contributed by atoms with van der Waals surface area (Å²) in [5, 5.41) is 10.2. The lowest BCUT2D eigenvalue weighted by atomic mass is 10.1. The first-order valence-electron chi connectivity index (χ1n) is 7.58. The number of hydrogen-bond acceptors (Lipinski definition) is 4. The summed E-state index contributed by atoms with van der Waals surface area (Å²) in [6, 6.07) is 15.8. The molecule has 2 aromatic rings. The molecule has 0 aromatic heterocycles. The van der Waals surface area contributed by atoms with Crippen molar-refractivity contribution in [2.45, 2.75) is 31.3 Å². The number of hydrogen-bond donors (Lipinski definition) is 1. The van der Waals surface area contributed by atoms with Crippen LogP contribution in [0.25, 0.3) is 0 Å². The molecule has 2 heterocycles. The lowest BCUT2D eigenvalue weighted by molar-refractivity contribution is -0.159. The minimum Gasteiger partial charge on any atom is -0.487 e. The largest absolute Gasteiger partial charge is 0.487 e. The van der Waals surface area contributed by atoms with Crippen molar-refractivity contribution in [3.63, 3.8) is 0 Å². The molecule has 0 aliphatic carbocycles. The first kappa shape index (κ1) is 13.6. The molecule has 0 radical (unpaired) electrons. The molecule has 2 aliphatic heterocycles. The minimum atomic E-state index is -0.945. The zero-order valence-electron chi connectivity index (χ0n) is 12.1. The number of ether oxygens (including phenoxy) is 3. The number of aliphatic hydroxyl groups excluding tert-OH is 1. The Kier molecular flexibility index (Phi) is 3.48. The van der Waals surface area contributed by atoms with Crippen LogP contribution in [0.3, 0.4) is 0 Å². The van der Waals surface area contributed by atoms with Crippen molar-refractivity contribution < 1.29 is 19.3 Å². The van der Waals surface area contributed by atoms with E-state index in [1.807, 2.05) is 42.5 Å². The second-order valence-electron chi connectivity index (χ2n) is 5.74. The third-order valence-electron chi connectivity index (χ3n) is 4.16. The topological polar surface area (TPSA) is 47.9 Å². The molecule has 0 spiro atoms. The maximum absolute atomic E-state index is 10.2. The van der Waals surface area contributed by atoms with Crippen molar-refractivity contribution in [3.8, 4) is 11.5 Å². The van der Waals surface area contributed by atoms with Gasteiger partial charge >= 0.3 is 0 Å². The van der Waals surface area contributed by atoms with Crippen LogP contribution in [0.15, 0.2) is 48.5 Å². The highest BCUT2D eigenvalue weighted by Gasteiger charge is 2.31. The van der Waals surface area contributed by atoms with Crippen molar-refractivity contribution in [1.82, 2.24) is 0 Å². The van der Waals surface area contributed by atoms with Gasteiger partial charge in [0.25, 0.3) is 0 Å². The SMILES string of the molecule is O[C@@H](OC[C@H]1Cc2ccccc2O1)[C@@H]1Cc2ccccc2O1. The first-order valence-corrected chi connectivity index (χ1v) is 7.58. The molecule has 4 heteroatoms. The van der Waals surface area contributed by atoms with E-state index in [2.05, 4.69) is 6.07 Å². The summed E-state index contributed by atoms with van der Waals surface area (Å²) in [6.07, 6.45) is 0.147. The average molecular weight is 298 g/mol. The summed E-state index contributed by atoms with van der Waals surface area (Å²) in [5.74, 6) is 1.75. The summed E-state index contributed by atoms with van der Waals surface area (Å²) in [6.45, 7) is 0.353. The molecule has 0 saturated carbocycles. The van der Waals surface area contributed by atoms with Gasteiger partial charge in [-0.05, 0) is 23.3 Å². The highest BCUT2D eigenvalue weighted by molar-refractivity contribution is 5.38. The number of rotatable bonds is 4. The van der Waals surface area contributed by atoms with E-state index in [0.29, 0.717) is 13.0 Å². The van der Waals surface area contributed by atoms with Crippen LogP contribution in [0.5, 0.6) is 11.5 Å². The van der Waals surface area contributed by atoms with E-state index in [-0.39, 0.29) is 12.2 Å². The van der Waals surface area contributed by atoms with Crippen LogP contribution in [0.1, 0.15) is 11.1 Å². The van der Waals surface area contributed by atoms with Gasteiger partial charge in [0.05, 0.1) is 6.61 Å². The van der Waals surface area contributed by atoms with Gasteiger partial charge in [0, 0.05) is 12.8 Å². The third kappa shape index (κ3) is 2.56. The zero-order chi connectivity index (χ0) is 14.9. The Balaban J connectivity index is 1.31. The predicted molar refractivity (Wildman–Crippen MR) is 81.1 cm³/mol. The van der Waals surface area contributed by atoms with Crippen LogP contribution in [-0.4, -0.2) is 30.2 Å². The molecular formula is C18H18O4. The van der Waals surface area contributed by atoms with E-state index in [1.54, 1.807) is 0 Å². The zero-order valence-corrected chi connectivity index (χ0v) is 12.1. The Bertz CT molecular complexity index is 620. The highest BCUT2D eigenvalue weighted by atomic mass is 16.6. The van der Waals surface area contributed by atoms with Gasteiger partial charge in [0.15, 0.2) is 12.4 Å². The van der Waals surface area contributed by atoms with E-state index in [0.717, 1.165) is 23.5 Å². The molecule has 1 N–H and O–H groups in total. The summed E-state index contributed by atoms with van der Waals surface area (Å²) in [7, 11) is 0. The summed E-state index contributed by atoms with van der Waals surface area (Å²) >= 11 is 0. The maximum atomic E-state index is 10.2. The molecule has 0 bridgehead atoms. The van der Waals surface area contributed by atoms with Gasteiger partial charge in [-0.1, -0.05) is 36.4 Å². The lowest BCUT2D eigenvalue weighted by Gasteiger charge is -2.20. The average Bonchev–Trinajstić information content (AvgIpc) is 3.15. The molecule has 22 heavy (non-hydrogen) atoms. The van der Waals surface area contributed by atoms with Gasteiger partial charge in [-0.3, -0.25) is 0 Å². The monoisotopic (exact) mass is 298 g/mol. The molecule has 0 amide bonds. The fourth-order valence-corrected chi connectivity index (χ4v) is 3.03. The van der Waals surface area contributed by atoms with Gasteiger partial charge in [0.2, 0.25) is 0 Å². The summed E-state index contributed by atoms with van der Waals surface area (Å²) < 4.78 is 17.1. The van der Waals surface area contributed by atoms with Crippen molar-refractivity contribution in [2.24, 2.45) is 0 Å². The van der Waals surface area contributed by atoms with Crippen molar-refractivity contribution >= 4 is 0 Å². The Morgan fingerprint density at radius 3 is 2.27 bits per heavy atom. The molecule has 2 aromatic carbocycles.